The summed E-state index contributed by atoms with van der Waals surface area (Å²) in [4.78, 5) is 11.6. The van der Waals surface area contributed by atoms with Crippen LogP contribution in [0.2, 0.25) is 5.02 Å². The fraction of sp³-hybridized carbons (Fsp3) is 0.300. The maximum Gasteiger partial charge on any atom is 0.262 e. The Hall–Kier alpha value is -0.300. The minimum absolute atomic E-state index is 0.0628. The summed E-state index contributed by atoms with van der Waals surface area (Å²) in [7, 11) is 1.32. The lowest BCUT2D eigenvalue weighted by atomic mass is 10.2. The van der Waals surface area contributed by atoms with Gasteiger partial charge in [0.25, 0.3) is 15.0 Å². The average Bonchev–Trinajstić information content (AvgIpc) is 2.13. The maximum atomic E-state index is 11.8. The summed E-state index contributed by atoms with van der Waals surface area (Å²) in [6.07, 6.45) is 0. The lowest BCUT2D eigenvalue weighted by molar-refractivity contribution is 0.0943. The van der Waals surface area contributed by atoms with Crippen LogP contribution in [0.25, 0.3) is 0 Å². The molecular formula is C10H10BrCl2NO3S. The topological polar surface area (TPSA) is 63.2 Å². The molecule has 100 valence electrons. The number of carbonyl (C=O) groups is 1. The fourth-order valence-corrected chi connectivity index (χ4v) is 3.81. The summed E-state index contributed by atoms with van der Waals surface area (Å²) < 4.78 is 22.9. The standard InChI is InChI=1S/C10H10BrCl2NO3S/c1-5(2)14-10(15)6-3-9(18(13,16)17)7(11)4-8(6)12/h3-5H,1-2H3,(H,14,15). The van der Waals surface area contributed by atoms with Gasteiger partial charge in [-0.3, -0.25) is 4.79 Å². The van der Waals surface area contributed by atoms with Gasteiger partial charge in [0.2, 0.25) is 0 Å². The second kappa shape index (κ2) is 5.77. The largest absolute Gasteiger partial charge is 0.350 e. The van der Waals surface area contributed by atoms with E-state index in [-0.39, 0.29) is 26.0 Å². The average molecular weight is 375 g/mol. The molecule has 0 aliphatic rings. The molecule has 0 bridgehead atoms. The number of rotatable bonds is 3. The number of benzene rings is 1. The molecular weight excluding hydrogens is 365 g/mol. The Kier molecular flexibility index (Phi) is 5.05. The van der Waals surface area contributed by atoms with Gasteiger partial charge in [0, 0.05) is 21.2 Å². The van der Waals surface area contributed by atoms with Crippen molar-refractivity contribution in [3.63, 3.8) is 0 Å². The molecule has 18 heavy (non-hydrogen) atoms. The van der Waals surface area contributed by atoms with Crippen LogP contribution in [-0.2, 0) is 9.05 Å². The van der Waals surface area contributed by atoms with Crippen molar-refractivity contribution in [3.05, 3.63) is 27.2 Å². The lowest BCUT2D eigenvalue weighted by Gasteiger charge is -2.11. The number of amides is 1. The third kappa shape index (κ3) is 3.85. The van der Waals surface area contributed by atoms with E-state index in [0.29, 0.717) is 0 Å². The van der Waals surface area contributed by atoms with E-state index in [1.165, 1.54) is 6.07 Å². The van der Waals surface area contributed by atoms with Gasteiger partial charge < -0.3 is 5.32 Å². The Morgan fingerprint density at radius 2 is 1.94 bits per heavy atom. The van der Waals surface area contributed by atoms with Gasteiger partial charge in [-0.15, -0.1) is 0 Å². The number of hydrogen-bond acceptors (Lipinski definition) is 3. The molecule has 0 fully saturated rings. The molecule has 0 aliphatic heterocycles. The molecule has 0 heterocycles. The molecule has 0 unspecified atom stereocenters. The number of nitrogens with one attached hydrogen (secondary N) is 1. The summed E-state index contributed by atoms with van der Waals surface area (Å²) in [5.74, 6) is -0.455. The first-order chi connectivity index (χ1) is 8.12. The van der Waals surface area contributed by atoms with Gasteiger partial charge >= 0.3 is 0 Å². The molecule has 1 rings (SSSR count). The van der Waals surface area contributed by atoms with E-state index >= 15 is 0 Å². The van der Waals surface area contributed by atoms with Crippen LogP contribution in [-0.4, -0.2) is 20.4 Å². The predicted molar refractivity (Wildman–Crippen MR) is 74.8 cm³/mol. The van der Waals surface area contributed by atoms with Crippen LogP contribution in [0.3, 0.4) is 0 Å². The zero-order valence-electron chi connectivity index (χ0n) is 9.50. The Morgan fingerprint density at radius 1 is 1.39 bits per heavy atom. The van der Waals surface area contributed by atoms with Gasteiger partial charge in [0.1, 0.15) is 0 Å². The van der Waals surface area contributed by atoms with E-state index in [2.05, 4.69) is 21.2 Å². The summed E-state index contributed by atoms with van der Waals surface area (Å²) in [6.45, 7) is 3.56. The monoisotopic (exact) mass is 373 g/mol. The molecule has 0 radical (unpaired) electrons. The third-order valence-corrected chi connectivity index (χ3v) is 4.54. The van der Waals surface area contributed by atoms with Crippen LogP contribution in [0, 0.1) is 0 Å². The Morgan fingerprint density at radius 3 is 2.39 bits per heavy atom. The van der Waals surface area contributed by atoms with Crippen molar-refractivity contribution in [3.8, 4) is 0 Å². The first-order valence-electron chi connectivity index (χ1n) is 4.87. The van der Waals surface area contributed by atoms with Crippen LogP contribution >= 0.6 is 38.2 Å². The molecule has 0 saturated carbocycles. The first kappa shape index (κ1) is 15.8. The van der Waals surface area contributed by atoms with Crippen LogP contribution in [0.1, 0.15) is 24.2 Å². The summed E-state index contributed by atoms with van der Waals surface area (Å²) in [5.41, 5.74) is 0.0628. The van der Waals surface area contributed by atoms with Crippen molar-refractivity contribution < 1.29 is 13.2 Å². The van der Waals surface area contributed by atoms with Crippen molar-refractivity contribution in [2.45, 2.75) is 24.8 Å². The number of halogens is 3. The zero-order valence-corrected chi connectivity index (χ0v) is 13.4. The van der Waals surface area contributed by atoms with E-state index < -0.39 is 15.0 Å². The van der Waals surface area contributed by atoms with Crippen molar-refractivity contribution in [1.82, 2.24) is 5.32 Å². The highest BCUT2D eigenvalue weighted by Crippen LogP contribution is 2.31. The molecule has 0 atom stereocenters. The highest BCUT2D eigenvalue weighted by Gasteiger charge is 2.20. The van der Waals surface area contributed by atoms with Crippen molar-refractivity contribution in [1.29, 1.82) is 0 Å². The summed E-state index contributed by atoms with van der Waals surface area (Å²) in [5, 5.41) is 2.76. The van der Waals surface area contributed by atoms with E-state index in [0.717, 1.165) is 6.07 Å². The van der Waals surface area contributed by atoms with Crippen LogP contribution in [0.4, 0.5) is 0 Å². The van der Waals surface area contributed by atoms with Crippen molar-refractivity contribution in [2.24, 2.45) is 0 Å². The van der Waals surface area contributed by atoms with Gasteiger partial charge in [-0.1, -0.05) is 11.6 Å². The van der Waals surface area contributed by atoms with Crippen molar-refractivity contribution >= 4 is 53.2 Å². The quantitative estimate of drug-likeness (QED) is 0.826. The Balaban J connectivity index is 3.34. The number of carbonyl (C=O) groups excluding carboxylic acids is 1. The van der Waals surface area contributed by atoms with Gasteiger partial charge in [0.15, 0.2) is 0 Å². The second-order valence-electron chi connectivity index (χ2n) is 3.83. The predicted octanol–water partition coefficient (Wildman–Crippen LogP) is 3.17. The molecule has 0 spiro atoms. The van der Waals surface area contributed by atoms with E-state index in [9.17, 15) is 13.2 Å². The third-order valence-electron chi connectivity index (χ3n) is 1.95. The van der Waals surface area contributed by atoms with Gasteiger partial charge in [-0.25, -0.2) is 8.42 Å². The Labute approximate surface area is 123 Å². The molecule has 1 aromatic rings. The molecule has 1 amide bonds. The zero-order chi connectivity index (χ0) is 14.1. The Bertz CT molecular complexity index is 587. The van der Waals surface area contributed by atoms with Gasteiger partial charge in [-0.2, -0.15) is 0 Å². The van der Waals surface area contributed by atoms with E-state index in [1.807, 2.05) is 0 Å². The normalized spacial score (nSPS) is 11.7. The minimum Gasteiger partial charge on any atom is -0.350 e. The van der Waals surface area contributed by atoms with E-state index in [4.69, 9.17) is 22.3 Å². The van der Waals surface area contributed by atoms with E-state index in [1.54, 1.807) is 13.8 Å². The van der Waals surface area contributed by atoms with Crippen molar-refractivity contribution in [2.75, 3.05) is 0 Å². The highest BCUT2D eigenvalue weighted by molar-refractivity contribution is 9.10. The molecule has 0 saturated heterocycles. The molecule has 8 heteroatoms. The molecule has 0 aliphatic carbocycles. The first-order valence-corrected chi connectivity index (χ1v) is 8.35. The highest BCUT2D eigenvalue weighted by atomic mass is 79.9. The maximum absolute atomic E-state index is 11.8. The van der Waals surface area contributed by atoms with Gasteiger partial charge in [-0.05, 0) is 41.9 Å². The molecule has 1 N–H and O–H groups in total. The molecule has 4 nitrogen and oxygen atoms in total. The minimum atomic E-state index is -3.95. The summed E-state index contributed by atoms with van der Waals surface area (Å²) >= 11 is 8.94. The molecule has 1 aromatic carbocycles. The van der Waals surface area contributed by atoms with Crippen LogP contribution in [0.15, 0.2) is 21.5 Å². The smallest absolute Gasteiger partial charge is 0.262 e. The number of hydrogen-bond donors (Lipinski definition) is 1. The van der Waals surface area contributed by atoms with Crippen LogP contribution < -0.4 is 5.32 Å². The second-order valence-corrected chi connectivity index (χ2v) is 7.62. The fourth-order valence-electron chi connectivity index (χ4n) is 1.23. The summed E-state index contributed by atoms with van der Waals surface area (Å²) in [6, 6.07) is 2.38. The van der Waals surface area contributed by atoms with Crippen LogP contribution in [0.5, 0.6) is 0 Å². The van der Waals surface area contributed by atoms with Gasteiger partial charge in [0.05, 0.1) is 15.5 Å². The lowest BCUT2D eigenvalue weighted by Crippen LogP contribution is -2.30. The molecule has 0 aromatic heterocycles. The SMILES string of the molecule is CC(C)NC(=O)c1cc(S(=O)(=O)Cl)c(Br)cc1Cl.